The van der Waals surface area contributed by atoms with Gasteiger partial charge in [-0.15, -0.1) is 0 Å². The van der Waals surface area contributed by atoms with Crippen molar-refractivity contribution < 1.29 is 28.8 Å². The third-order valence-electron chi connectivity index (χ3n) is 3.51. The number of nitrogens with one attached hydrogen (secondary N) is 1. The van der Waals surface area contributed by atoms with Gasteiger partial charge in [0.25, 0.3) is 4.92 Å². The molecule has 1 aliphatic heterocycles. The number of amides is 1. The predicted octanol–water partition coefficient (Wildman–Crippen LogP) is 2.02. The van der Waals surface area contributed by atoms with Crippen LogP contribution in [0.1, 0.15) is 31.1 Å². The van der Waals surface area contributed by atoms with Crippen molar-refractivity contribution in [2.24, 2.45) is 0 Å². The molecular formula is C17H24N3O6+. The van der Waals surface area contributed by atoms with Crippen molar-refractivity contribution in [1.29, 1.82) is 0 Å². The average Bonchev–Trinajstić information content (AvgIpc) is 2.60. The summed E-state index contributed by atoms with van der Waals surface area (Å²) in [7, 11) is 1.24. The van der Waals surface area contributed by atoms with Gasteiger partial charge in [-0.2, -0.15) is 0 Å². The zero-order chi connectivity index (χ0) is 19.3. The van der Waals surface area contributed by atoms with Crippen LogP contribution in [0.3, 0.4) is 0 Å². The van der Waals surface area contributed by atoms with Crippen LogP contribution >= 0.6 is 0 Å². The number of nitrogens with zero attached hydrogens (tertiary/aromatic N) is 2. The Bertz CT molecular complexity index is 692. The maximum atomic E-state index is 12.4. The lowest BCUT2D eigenvalue weighted by Crippen LogP contribution is -2.47. The number of esters is 1. The summed E-state index contributed by atoms with van der Waals surface area (Å²) in [5.41, 5.74) is -0.725. The van der Waals surface area contributed by atoms with Crippen molar-refractivity contribution in [3.05, 3.63) is 28.7 Å². The fraction of sp³-hybridized carbons (Fsp3) is 0.529. The average molecular weight is 366 g/mol. The van der Waals surface area contributed by atoms with E-state index in [-0.39, 0.29) is 21.9 Å². The zero-order valence-electron chi connectivity index (χ0n) is 15.4. The summed E-state index contributed by atoms with van der Waals surface area (Å²) >= 11 is 0. The number of carbonyl (C=O) groups is 2. The lowest BCUT2D eigenvalue weighted by molar-refractivity contribution is -0.766. The lowest BCUT2D eigenvalue weighted by atomic mass is 10.2. The van der Waals surface area contributed by atoms with Gasteiger partial charge in [0.2, 0.25) is 5.75 Å². The van der Waals surface area contributed by atoms with Gasteiger partial charge in [-0.25, -0.2) is 14.4 Å². The molecule has 0 spiro atoms. The van der Waals surface area contributed by atoms with Crippen LogP contribution in [-0.2, 0) is 9.57 Å². The molecule has 26 heavy (non-hydrogen) atoms. The molecule has 9 heteroatoms. The van der Waals surface area contributed by atoms with Gasteiger partial charge in [0.1, 0.15) is 0 Å². The Morgan fingerprint density at radius 3 is 2.42 bits per heavy atom. The van der Waals surface area contributed by atoms with Crippen molar-refractivity contribution >= 4 is 17.7 Å². The summed E-state index contributed by atoms with van der Waals surface area (Å²) < 4.78 is 10.0. The fourth-order valence-electron chi connectivity index (χ4n) is 2.30. The number of methoxy groups -OCH3 is 1. The van der Waals surface area contributed by atoms with E-state index in [1.807, 2.05) is 0 Å². The maximum Gasteiger partial charge on any atom is 0.415 e. The van der Waals surface area contributed by atoms with Crippen LogP contribution in [-0.4, -0.2) is 60.8 Å². The van der Waals surface area contributed by atoms with E-state index in [1.165, 1.54) is 30.2 Å². The first-order valence-corrected chi connectivity index (χ1v) is 8.27. The molecule has 142 valence electrons. The standard InChI is InChI=1S/C17H24N3O6/c1-17(2,3)26-20(23)13-11-12(15(21)24-4)5-6-14(13)25-16(22)19-9-7-18-8-10-19/h5-6,11,18H,7-10H2,1-4H3/q+1. The highest BCUT2D eigenvalue weighted by Crippen LogP contribution is 2.31. The largest absolute Gasteiger partial charge is 0.465 e. The van der Waals surface area contributed by atoms with Gasteiger partial charge in [0.15, 0.2) is 5.60 Å². The molecule has 0 saturated carbocycles. The third-order valence-corrected chi connectivity index (χ3v) is 3.51. The van der Waals surface area contributed by atoms with E-state index in [4.69, 9.17) is 9.57 Å². The van der Waals surface area contributed by atoms with Gasteiger partial charge < -0.3 is 19.7 Å². The number of benzene rings is 1. The Morgan fingerprint density at radius 2 is 1.85 bits per heavy atom. The molecular weight excluding hydrogens is 342 g/mol. The Labute approximate surface area is 151 Å². The molecule has 1 fully saturated rings. The van der Waals surface area contributed by atoms with E-state index in [0.717, 1.165) is 0 Å². The third kappa shape index (κ3) is 5.16. The quantitative estimate of drug-likeness (QED) is 0.643. The molecule has 0 radical (unpaired) electrons. The number of rotatable bonds is 4. The topological polar surface area (TPSA) is 97.2 Å². The van der Waals surface area contributed by atoms with Gasteiger partial charge >= 0.3 is 17.7 Å². The van der Waals surface area contributed by atoms with E-state index in [1.54, 1.807) is 20.8 Å². The van der Waals surface area contributed by atoms with E-state index in [9.17, 15) is 14.5 Å². The summed E-state index contributed by atoms with van der Waals surface area (Å²) in [5.74, 6) is -0.615. The van der Waals surface area contributed by atoms with Gasteiger partial charge in [0, 0.05) is 32.2 Å². The van der Waals surface area contributed by atoms with Crippen molar-refractivity contribution in [3.63, 3.8) is 0 Å². The molecule has 1 amide bonds. The molecule has 0 aliphatic carbocycles. The molecule has 1 aliphatic rings. The van der Waals surface area contributed by atoms with Crippen molar-refractivity contribution in [1.82, 2.24) is 10.2 Å². The second-order valence-corrected chi connectivity index (χ2v) is 6.74. The Morgan fingerprint density at radius 1 is 1.19 bits per heavy atom. The molecule has 1 aromatic carbocycles. The number of piperazine rings is 1. The minimum atomic E-state index is -0.775. The van der Waals surface area contributed by atoms with Gasteiger partial charge in [-0.05, 0) is 32.9 Å². The summed E-state index contributed by atoms with van der Waals surface area (Å²) in [6.45, 7) is 7.47. The number of hydrogen-bond donors (Lipinski definition) is 1. The predicted molar refractivity (Wildman–Crippen MR) is 92.4 cm³/mol. The minimum absolute atomic E-state index is 0.000403. The van der Waals surface area contributed by atoms with E-state index in [0.29, 0.717) is 26.2 Å². The molecule has 9 nitrogen and oxygen atoms in total. The van der Waals surface area contributed by atoms with Gasteiger partial charge in [-0.1, -0.05) is 0 Å². The normalized spacial score (nSPS) is 14.5. The van der Waals surface area contributed by atoms with Crippen LogP contribution in [0.25, 0.3) is 0 Å². The second-order valence-electron chi connectivity index (χ2n) is 6.74. The van der Waals surface area contributed by atoms with Crippen LogP contribution in [0.15, 0.2) is 18.2 Å². The van der Waals surface area contributed by atoms with Crippen LogP contribution in [0.4, 0.5) is 10.5 Å². The van der Waals surface area contributed by atoms with Crippen LogP contribution in [0.5, 0.6) is 5.75 Å². The Balaban J connectivity index is 2.29. The zero-order valence-corrected chi connectivity index (χ0v) is 15.4. The van der Waals surface area contributed by atoms with Gasteiger partial charge in [-0.3, -0.25) is 0 Å². The van der Waals surface area contributed by atoms with E-state index < -0.39 is 17.7 Å². The summed E-state index contributed by atoms with van der Waals surface area (Å²) in [4.78, 5) is 43.6. The monoisotopic (exact) mass is 366 g/mol. The highest BCUT2D eigenvalue weighted by Gasteiger charge is 2.32. The summed E-state index contributed by atoms with van der Waals surface area (Å²) in [6, 6.07) is 4.06. The Kier molecular flexibility index (Phi) is 6.14. The van der Waals surface area contributed by atoms with Crippen LogP contribution in [0.2, 0.25) is 0 Å². The smallest absolute Gasteiger partial charge is 0.415 e. The van der Waals surface area contributed by atoms with Crippen molar-refractivity contribution in [3.8, 4) is 5.75 Å². The van der Waals surface area contributed by atoms with E-state index >= 15 is 0 Å². The first-order valence-electron chi connectivity index (χ1n) is 8.27. The molecule has 1 heterocycles. The molecule has 0 unspecified atom stereocenters. The molecule has 0 aromatic heterocycles. The van der Waals surface area contributed by atoms with Crippen LogP contribution < -0.4 is 10.1 Å². The molecule has 1 N–H and O–H groups in total. The van der Waals surface area contributed by atoms with Crippen molar-refractivity contribution in [2.45, 2.75) is 26.4 Å². The first kappa shape index (κ1) is 19.6. The molecule has 1 aromatic rings. The molecule has 2 rings (SSSR count). The molecule has 0 atom stereocenters. The fourth-order valence-corrected chi connectivity index (χ4v) is 2.30. The highest BCUT2D eigenvalue weighted by molar-refractivity contribution is 5.90. The SMILES string of the molecule is COC(=O)c1ccc(OC(=O)N2CCNCC2)c([N+](=O)OC(C)(C)C)c1. The number of hydrogen-bond acceptors (Lipinski definition) is 7. The first-order chi connectivity index (χ1) is 12.2. The van der Waals surface area contributed by atoms with Crippen molar-refractivity contribution in [2.75, 3.05) is 33.3 Å². The highest BCUT2D eigenvalue weighted by atomic mass is 16.8. The maximum absolute atomic E-state index is 12.4. The Hall–Kier alpha value is -2.68. The van der Waals surface area contributed by atoms with E-state index in [2.05, 4.69) is 10.1 Å². The lowest BCUT2D eigenvalue weighted by Gasteiger charge is -2.26. The summed E-state index contributed by atoms with van der Waals surface area (Å²) in [6.07, 6.45) is -0.567. The molecule has 0 bridgehead atoms. The van der Waals surface area contributed by atoms with Gasteiger partial charge in [0.05, 0.1) is 17.6 Å². The second kappa shape index (κ2) is 8.13. The van der Waals surface area contributed by atoms with Crippen LogP contribution in [0, 0.1) is 4.91 Å². The number of carbonyl (C=O) groups excluding carboxylic acids is 2. The minimum Gasteiger partial charge on any atom is -0.465 e. The number of ether oxygens (including phenoxy) is 2. The molecule has 1 saturated heterocycles. The summed E-state index contributed by atoms with van der Waals surface area (Å²) in [5, 5.41) is 3.14.